The first-order valence-electron chi connectivity index (χ1n) is 10.1. The standard InChI is InChI=1S/C23H24FNO5S/c1-25-13-21(18-9-3-14(24)11-20(18)23(25)27)19-12-17(31(2,28)29)8-10-22(19)30-16-6-4-15(26)5-7-16/h3,8-13,15-16,26H,4-7H2,1-2H3/t15-,16-. The van der Waals surface area contributed by atoms with E-state index in [9.17, 15) is 22.7 Å². The lowest BCUT2D eigenvalue weighted by Gasteiger charge is -2.27. The van der Waals surface area contributed by atoms with Crippen LogP contribution in [0.2, 0.25) is 0 Å². The van der Waals surface area contributed by atoms with Gasteiger partial charge < -0.3 is 14.4 Å². The molecule has 164 valence electrons. The first-order valence-corrected chi connectivity index (χ1v) is 12.0. The Labute approximate surface area is 179 Å². The Kier molecular flexibility index (Phi) is 5.61. The molecular weight excluding hydrogens is 421 g/mol. The number of nitrogens with zero attached hydrogens (tertiary/aromatic N) is 1. The number of benzene rings is 2. The Morgan fingerprint density at radius 3 is 2.42 bits per heavy atom. The Balaban J connectivity index is 1.92. The largest absolute Gasteiger partial charge is 0.490 e. The van der Waals surface area contributed by atoms with Crippen molar-refractivity contribution in [1.82, 2.24) is 4.57 Å². The molecule has 0 saturated heterocycles. The quantitative estimate of drug-likeness (QED) is 0.665. The molecule has 0 unspecified atom stereocenters. The third kappa shape index (κ3) is 4.36. The van der Waals surface area contributed by atoms with Crippen LogP contribution in [0.1, 0.15) is 25.7 Å². The van der Waals surface area contributed by atoms with Crippen molar-refractivity contribution in [3.63, 3.8) is 0 Å². The molecule has 4 rings (SSSR count). The predicted octanol–water partition coefficient (Wildman–Crippen LogP) is 3.43. The fourth-order valence-corrected chi connectivity index (χ4v) is 4.70. The van der Waals surface area contributed by atoms with Crippen molar-refractivity contribution >= 4 is 20.6 Å². The summed E-state index contributed by atoms with van der Waals surface area (Å²) in [6.07, 6.45) is 4.97. The maximum Gasteiger partial charge on any atom is 0.258 e. The van der Waals surface area contributed by atoms with Crippen molar-refractivity contribution in [1.29, 1.82) is 0 Å². The fraction of sp³-hybridized carbons (Fsp3) is 0.348. The molecule has 1 fully saturated rings. The molecule has 6 nitrogen and oxygen atoms in total. The molecule has 1 aromatic heterocycles. The summed E-state index contributed by atoms with van der Waals surface area (Å²) < 4.78 is 45.9. The molecule has 2 aromatic carbocycles. The number of ether oxygens (including phenoxy) is 1. The summed E-state index contributed by atoms with van der Waals surface area (Å²) in [5.74, 6) is -0.0399. The molecule has 0 amide bonds. The van der Waals surface area contributed by atoms with Crippen LogP contribution in [0.3, 0.4) is 0 Å². The summed E-state index contributed by atoms with van der Waals surface area (Å²) in [6, 6.07) is 8.63. The van der Waals surface area contributed by atoms with Crippen LogP contribution >= 0.6 is 0 Å². The zero-order valence-corrected chi connectivity index (χ0v) is 18.2. The second kappa shape index (κ2) is 8.09. The van der Waals surface area contributed by atoms with E-state index in [0.717, 1.165) is 6.26 Å². The van der Waals surface area contributed by atoms with Gasteiger partial charge in [0.1, 0.15) is 11.6 Å². The molecule has 1 saturated carbocycles. The van der Waals surface area contributed by atoms with Crippen molar-refractivity contribution < 1.29 is 22.7 Å². The van der Waals surface area contributed by atoms with E-state index in [0.29, 0.717) is 47.9 Å². The fourth-order valence-electron chi connectivity index (χ4n) is 4.05. The summed E-state index contributed by atoms with van der Waals surface area (Å²) in [7, 11) is -1.92. The van der Waals surface area contributed by atoms with Gasteiger partial charge in [-0.25, -0.2) is 12.8 Å². The maximum atomic E-state index is 13.9. The highest BCUT2D eigenvalue weighted by atomic mass is 32.2. The van der Waals surface area contributed by atoms with Crippen LogP contribution in [0.4, 0.5) is 4.39 Å². The topological polar surface area (TPSA) is 85.6 Å². The second-order valence-corrected chi connectivity index (χ2v) is 10.1. The summed E-state index contributed by atoms with van der Waals surface area (Å²) in [5.41, 5.74) is 0.746. The third-order valence-electron chi connectivity index (χ3n) is 5.75. The first-order chi connectivity index (χ1) is 14.6. The normalized spacial score (nSPS) is 19.5. The maximum absolute atomic E-state index is 13.9. The summed E-state index contributed by atoms with van der Waals surface area (Å²) in [6.45, 7) is 0. The Morgan fingerprint density at radius 2 is 1.74 bits per heavy atom. The van der Waals surface area contributed by atoms with Crippen LogP contribution in [0.25, 0.3) is 21.9 Å². The lowest BCUT2D eigenvalue weighted by atomic mass is 9.94. The molecule has 0 aliphatic heterocycles. The molecule has 0 bridgehead atoms. The summed E-state index contributed by atoms with van der Waals surface area (Å²) in [4.78, 5) is 12.7. The molecule has 0 spiro atoms. The number of pyridine rings is 1. The lowest BCUT2D eigenvalue weighted by Crippen LogP contribution is -2.26. The molecule has 31 heavy (non-hydrogen) atoms. The average Bonchev–Trinajstić information content (AvgIpc) is 2.72. The van der Waals surface area contributed by atoms with Gasteiger partial charge in [-0.1, -0.05) is 6.07 Å². The molecular formula is C23H24FNO5S. The third-order valence-corrected chi connectivity index (χ3v) is 6.86. The minimum Gasteiger partial charge on any atom is -0.490 e. The van der Waals surface area contributed by atoms with Gasteiger partial charge in [-0.05, 0) is 61.4 Å². The van der Waals surface area contributed by atoms with E-state index < -0.39 is 15.7 Å². The number of fused-ring (bicyclic) bond motifs is 1. The molecule has 1 heterocycles. The van der Waals surface area contributed by atoms with Crippen molar-refractivity contribution in [3.8, 4) is 16.9 Å². The van der Waals surface area contributed by atoms with E-state index in [1.54, 1.807) is 19.3 Å². The smallest absolute Gasteiger partial charge is 0.258 e. The molecule has 1 aliphatic carbocycles. The van der Waals surface area contributed by atoms with Crippen LogP contribution in [0.5, 0.6) is 5.75 Å². The van der Waals surface area contributed by atoms with Gasteiger partial charge in [0.05, 0.1) is 22.5 Å². The van der Waals surface area contributed by atoms with Crippen LogP contribution in [-0.4, -0.2) is 36.6 Å². The Hall–Kier alpha value is -2.71. The zero-order valence-electron chi connectivity index (χ0n) is 17.3. The van der Waals surface area contributed by atoms with Crippen molar-refractivity contribution in [2.75, 3.05) is 6.26 Å². The Morgan fingerprint density at radius 1 is 1.03 bits per heavy atom. The number of hydrogen-bond acceptors (Lipinski definition) is 5. The van der Waals surface area contributed by atoms with E-state index in [2.05, 4.69) is 0 Å². The van der Waals surface area contributed by atoms with E-state index in [1.165, 1.54) is 34.9 Å². The van der Waals surface area contributed by atoms with Crippen LogP contribution < -0.4 is 10.3 Å². The molecule has 1 aliphatic rings. The van der Waals surface area contributed by atoms with Gasteiger partial charge in [0.2, 0.25) is 0 Å². The van der Waals surface area contributed by atoms with Crippen LogP contribution in [-0.2, 0) is 16.9 Å². The van der Waals surface area contributed by atoms with Crippen molar-refractivity contribution in [2.45, 2.75) is 42.8 Å². The number of aromatic nitrogens is 1. The van der Waals surface area contributed by atoms with E-state index >= 15 is 0 Å². The number of sulfone groups is 1. The van der Waals surface area contributed by atoms with Crippen molar-refractivity contribution in [2.24, 2.45) is 7.05 Å². The van der Waals surface area contributed by atoms with Gasteiger partial charge in [-0.15, -0.1) is 0 Å². The summed E-state index contributed by atoms with van der Waals surface area (Å²) >= 11 is 0. The van der Waals surface area contributed by atoms with E-state index in [4.69, 9.17) is 4.74 Å². The average molecular weight is 446 g/mol. The number of rotatable bonds is 4. The molecule has 3 aromatic rings. The number of aliphatic hydroxyl groups is 1. The minimum absolute atomic E-state index is 0.109. The molecule has 1 N–H and O–H groups in total. The zero-order chi connectivity index (χ0) is 22.3. The van der Waals surface area contributed by atoms with Crippen LogP contribution in [0.15, 0.2) is 52.3 Å². The Bertz CT molecular complexity index is 1310. The lowest BCUT2D eigenvalue weighted by molar-refractivity contribution is 0.0668. The van der Waals surface area contributed by atoms with E-state index in [-0.39, 0.29) is 28.0 Å². The summed E-state index contributed by atoms with van der Waals surface area (Å²) in [5, 5.41) is 10.5. The highest BCUT2D eigenvalue weighted by Crippen LogP contribution is 2.37. The highest BCUT2D eigenvalue weighted by Gasteiger charge is 2.23. The first kappa shape index (κ1) is 21.5. The van der Waals surface area contributed by atoms with Gasteiger partial charge in [-0.2, -0.15) is 0 Å². The predicted molar refractivity (Wildman–Crippen MR) is 117 cm³/mol. The monoisotopic (exact) mass is 445 g/mol. The minimum atomic E-state index is -3.49. The van der Waals surface area contributed by atoms with Crippen molar-refractivity contribution in [3.05, 3.63) is 58.8 Å². The van der Waals surface area contributed by atoms with Crippen LogP contribution in [0, 0.1) is 5.82 Å². The number of hydrogen-bond donors (Lipinski definition) is 1. The molecule has 0 radical (unpaired) electrons. The molecule has 8 heteroatoms. The number of halogens is 1. The number of aliphatic hydroxyl groups excluding tert-OH is 1. The SMILES string of the molecule is Cn1cc(-c2cc(S(C)(=O)=O)ccc2O[C@H]2CC[C@H](O)CC2)c2ccc(F)cc2c1=O. The van der Waals surface area contributed by atoms with Gasteiger partial charge >= 0.3 is 0 Å². The van der Waals surface area contributed by atoms with E-state index in [1.807, 2.05) is 0 Å². The van der Waals surface area contributed by atoms with Gasteiger partial charge in [-0.3, -0.25) is 4.79 Å². The molecule has 0 atom stereocenters. The van der Waals surface area contributed by atoms with Gasteiger partial charge in [0.15, 0.2) is 9.84 Å². The second-order valence-electron chi connectivity index (χ2n) is 8.13. The van der Waals surface area contributed by atoms with Gasteiger partial charge in [0.25, 0.3) is 5.56 Å². The highest BCUT2D eigenvalue weighted by molar-refractivity contribution is 7.90. The number of aryl methyl sites for hydroxylation is 1. The van der Waals surface area contributed by atoms with Gasteiger partial charge in [0, 0.05) is 30.6 Å².